The molecule has 1 aliphatic rings. The Morgan fingerprint density at radius 2 is 1.85 bits per heavy atom. The van der Waals surface area contributed by atoms with Gasteiger partial charge in [-0.1, -0.05) is 23.2 Å². The summed E-state index contributed by atoms with van der Waals surface area (Å²) in [5.74, 6) is -0.911. The molecule has 0 fully saturated rings. The molecule has 4 nitrogen and oxygen atoms in total. The van der Waals surface area contributed by atoms with Gasteiger partial charge in [-0.05, 0) is 18.2 Å². The van der Waals surface area contributed by atoms with Gasteiger partial charge in [0.25, 0.3) is 0 Å². The fourth-order valence-corrected chi connectivity index (χ4v) is 3.27. The topological polar surface area (TPSA) is 56.5 Å². The lowest BCUT2D eigenvalue weighted by molar-refractivity contribution is -0.274. The molecule has 0 spiro atoms. The lowest BCUT2D eigenvalue weighted by Gasteiger charge is -2.29. The molecule has 2 aromatic carbocycles. The monoisotopic (exact) mass is 410 g/mol. The highest BCUT2D eigenvalue weighted by Gasteiger charge is 2.32. The summed E-state index contributed by atoms with van der Waals surface area (Å²) >= 11 is 12.2. The average Bonchev–Trinajstić information content (AvgIpc) is 2.52. The third kappa shape index (κ3) is 3.92. The molecular weight excluding hydrogens is 399 g/mol. The molecule has 1 aliphatic heterocycles. The predicted octanol–water partition coefficient (Wildman–Crippen LogP) is 4.83. The first-order valence-electron chi connectivity index (χ1n) is 7.37. The van der Waals surface area contributed by atoms with Crippen LogP contribution >= 0.6 is 23.2 Å². The molecule has 0 radical (unpaired) electrons. The number of hydrogen-bond acceptors (Lipinski definition) is 4. The van der Waals surface area contributed by atoms with E-state index in [1.54, 1.807) is 0 Å². The number of fused-ring (bicyclic) bond motifs is 1. The Labute approximate surface area is 155 Å². The van der Waals surface area contributed by atoms with Crippen LogP contribution in [0.5, 0.6) is 11.5 Å². The molecule has 0 saturated heterocycles. The smallest absolute Gasteiger partial charge is 0.484 e. The summed E-state index contributed by atoms with van der Waals surface area (Å²) in [6, 6.07) is 4.26. The van der Waals surface area contributed by atoms with E-state index in [0.29, 0.717) is 12.2 Å². The van der Waals surface area contributed by atoms with Gasteiger partial charge in [0.05, 0.1) is 22.3 Å². The number of anilines is 1. The summed E-state index contributed by atoms with van der Waals surface area (Å²) in [6.45, 7) is 0.593. The summed E-state index contributed by atoms with van der Waals surface area (Å²) in [4.78, 5) is 0. The van der Waals surface area contributed by atoms with Crippen LogP contribution in [0.25, 0.3) is 11.1 Å². The van der Waals surface area contributed by atoms with Gasteiger partial charge >= 0.3 is 6.36 Å². The van der Waals surface area contributed by atoms with Crippen molar-refractivity contribution in [2.75, 3.05) is 18.4 Å². The molecule has 0 amide bonds. The Morgan fingerprint density at radius 1 is 1.19 bits per heavy atom. The molecular formula is C16H12Cl2F4N2O2. The molecule has 0 bridgehead atoms. The number of ether oxygens (including phenoxy) is 2. The maximum Gasteiger partial charge on any atom is 0.573 e. The minimum atomic E-state index is -4.90. The summed E-state index contributed by atoms with van der Waals surface area (Å²) in [7, 11) is 0. The maximum atomic E-state index is 14.0. The molecule has 3 N–H and O–H groups in total. The number of rotatable bonds is 3. The van der Waals surface area contributed by atoms with E-state index >= 15 is 0 Å². The van der Waals surface area contributed by atoms with Gasteiger partial charge in [0.2, 0.25) is 0 Å². The molecule has 0 unspecified atom stereocenters. The summed E-state index contributed by atoms with van der Waals surface area (Å²) in [6.07, 6.45) is -5.26. The average molecular weight is 411 g/mol. The van der Waals surface area contributed by atoms with Crippen LogP contribution in [-0.4, -0.2) is 25.6 Å². The first-order chi connectivity index (χ1) is 12.2. The third-order valence-corrected chi connectivity index (χ3v) is 4.24. The normalized spacial score (nSPS) is 16.5. The van der Waals surface area contributed by atoms with Crippen molar-refractivity contribution >= 4 is 28.9 Å². The Kier molecular flexibility index (Phi) is 5.09. The molecule has 1 heterocycles. The summed E-state index contributed by atoms with van der Waals surface area (Å²) in [5, 5.41) is 2.69. The summed E-state index contributed by atoms with van der Waals surface area (Å²) < 4.78 is 60.8. The highest BCUT2D eigenvalue weighted by molar-refractivity contribution is 6.39. The van der Waals surface area contributed by atoms with Gasteiger partial charge in [0.15, 0.2) is 5.75 Å². The fourth-order valence-electron chi connectivity index (χ4n) is 2.60. The molecule has 0 aliphatic carbocycles. The van der Waals surface area contributed by atoms with Gasteiger partial charge in [0.1, 0.15) is 17.7 Å². The second-order valence-corrected chi connectivity index (χ2v) is 6.31. The van der Waals surface area contributed by atoms with Gasteiger partial charge < -0.3 is 20.5 Å². The van der Waals surface area contributed by atoms with Crippen molar-refractivity contribution < 1.29 is 27.0 Å². The lowest BCUT2D eigenvalue weighted by Crippen LogP contribution is -2.37. The molecule has 26 heavy (non-hydrogen) atoms. The van der Waals surface area contributed by atoms with E-state index in [1.807, 2.05) is 0 Å². The Bertz CT molecular complexity index is 823. The molecule has 140 valence electrons. The quantitative estimate of drug-likeness (QED) is 0.711. The first-order valence-corrected chi connectivity index (χ1v) is 8.13. The second kappa shape index (κ2) is 7.02. The number of alkyl halides is 3. The van der Waals surface area contributed by atoms with Crippen molar-refractivity contribution in [2.24, 2.45) is 5.73 Å². The van der Waals surface area contributed by atoms with Crippen LogP contribution < -0.4 is 20.5 Å². The zero-order valence-electron chi connectivity index (χ0n) is 13.0. The van der Waals surface area contributed by atoms with Gasteiger partial charge in [0, 0.05) is 23.7 Å². The minimum Gasteiger partial charge on any atom is -0.484 e. The van der Waals surface area contributed by atoms with Crippen LogP contribution in [0, 0.1) is 5.82 Å². The van der Waals surface area contributed by atoms with Crippen LogP contribution in [0.3, 0.4) is 0 Å². The molecule has 3 rings (SSSR count). The SMILES string of the molecule is NC[C@H]1CNc2cc(F)cc(-c3c(Cl)cc(OC(F)(F)F)cc3Cl)c2O1. The van der Waals surface area contributed by atoms with Gasteiger partial charge in [-0.15, -0.1) is 13.2 Å². The largest absolute Gasteiger partial charge is 0.573 e. The zero-order chi connectivity index (χ0) is 19.1. The first kappa shape index (κ1) is 18.9. The molecule has 0 aromatic heterocycles. The molecule has 10 heteroatoms. The van der Waals surface area contributed by atoms with E-state index in [4.69, 9.17) is 33.7 Å². The highest BCUT2D eigenvalue weighted by Crippen LogP contribution is 2.46. The van der Waals surface area contributed by atoms with Crippen molar-refractivity contribution in [2.45, 2.75) is 12.5 Å². The minimum absolute atomic E-state index is 0.123. The van der Waals surface area contributed by atoms with Crippen molar-refractivity contribution in [3.8, 4) is 22.6 Å². The van der Waals surface area contributed by atoms with Crippen molar-refractivity contribution in [1.82, 2.24) is 0 Å². The van der Waals surface area contributed by atoms with E-state index in [-0.39, 0.29) is 39.6 Å². The van der Waals surface area contributed by atoms with Crippen molar-refractivity contribution in [1.29, 1.82) is 0 Å². The van der Waals surface area contributed by atoms with Crippen LogP contribution in [0.4, 0.5) is 23.2 Å². The lowest BCUT2D eigenvalue weighted by atomic mass is 10.0. The zero-order valence-corrected chi connectivity index (χ0v) is 14.5. The van der Waals surface area contributed by atoms with E-state index in [1.165, 1.54) is 6.07 Å². The van der Waals surface area contributed by atoms with E-state index in [0.717, 1.165) is 18.2 Å². The fraction of sp³-hybridized carbons (Fsp3) is 0.250. The van der Waals surface area contributed by atoms with Crippen LogP contribution in [0.2, 0.25) is 10.0 Å². The standard InChI is InChI=1S/C16H12Cl2F4N2O2/c17-11-3-8(26-16(20,21)22)4-12(18)14(11)10-1-7(19)2-13-15(10)25-9(5-23)6-24-13/h1-4,9,24H,5-6,23H2/t9-/m0/s1. The maximum absolute atomic E-state index is 14.0. The number of nitrogens with one attached hydrogen (secondary N) is 1. The van der Waals surface area contributed by atoms with Gasteiger partial charge in [-0.25, -0.2) is 4.39 Å². The van der Waals surface area contributed by atoms with Crippen LogP contribution in [-0.2, 0) is 0 Å². The van der Waals surface area contributed by atoms with Crippen molar-refractivity contribution in [3.05, 3.63) is 40.1 Å². The Hall–Kier alpha value is -1.90. The predicted molar refractivity (Wildman–Crippen MR) is 90.5 cm³/mol. The third-order valence-electron chi connectivity index (χ3n) is 3.64. The van der Waals surface area contributed by atoms with Crippen LogP contribution in [0.15, 0.2) is 24.3 Å². The van der Waals surface area contributed by atoms with Gasteiger partial charge in [-0.3, -0.25) is 0 Å². The molecule has 2 aromatic rings. The van der Waals surface area contributed by atoms with E-state index in [9.17, 15) is 17.6 Å². The second-order valence-electron chi connectivity index (χ2n) is 5.50. The summed E-state index contributed by atoms with van der Waals surface area (Å²) in [5.41, 5.74) is 6.29. The number of hydrogen-bond donors (Lipinski definition) is 2. The Balaban J connectivity index is 2.11. The Morgan fingerprint density at radius 3 is 2.42 bits per heavy atom. The van der Waals surface area contributed by atoms with Crippen LogP contribution in [0.1, 0.15) is 0 Å². The number of nitrogens with two attached hydrogens (primary N) is 1. The highest BCUT2D eigenvalue weighted by atomic mass is 35.5. The van der Waals surface area contributed by atoms with E-state index in [2.05, 4.69) is 10.1 Å². The number of benzene rings is 2. The molecule has 1 atom stereocenters. The van der Waals surface area contributed by atoms with Gasteiger partial charge in [-0.2, -0.15) is 0 Å². The van der Waals surface area contributed by atoms with E-state index < -0.39 is 17.9 Å². The number of halogens is 6. The molecule has 0 saturated carbocycles. The van der Waals surface area contributed by atoms with Crippen molar-refractivity contribution in [3.63, 3.8) is 0 Å².